The minimum Gasteiger partial charge on any atom is -0.393 e. The molecule has 0 radical (unpaired) electrons. The van der Waals surface area contributed by atoms with E-state index in [9.17, 15) is 19.2 Å². The van der Waals surface area contributed by atoms with Crippen molar-refractivity contribution in [2.45, 2.75) is 39.0 Å². The summed E-state index contributed by atoms with van der Waals surface area (Å²) in [5.74, 6) is -4.14. The Morgan fingerprint density at radius 1 is 0.731 bits per heavy atom. The minimum atomic E-state index is -0.488. The predicted molar refractivity (Wildman–Crippen MR) is 87.0 cm³/mol. The molecular formula is C20H22O6. The van der Waals surface area contributed by atoms with Crippen molar-refractivity contribution in [3.05, 3.63) is 11.6 Å². The average Bonchev–Trinajstić information content (AvgIpc) is 3.00. The second kappa shape index (κ2) is 5.51. The maximum absolute atomic E-state index is 12.4. The predicted octanol–water partition coefficient (Wildman–Crippen LogP) is 2.02. The Labute approximate surface area is 151 Å². The first kappa shape index (κ1) is 16.2. The molecular weight excluding hydrogens is 336 g/mol. The molecule has 4 aliphatic carbocycles. The summed E-state index contributed by atoms with van der Waals surface area (Å²) in [6.45, 7) is 2.16. The first-order valence-electron chi connectivity index (χ1n) is 9.76. The molecule has 6 nitrogen and oxygen atoms in total. The van der Waals surface area contributed by atoms with Crippen molar-refractivity contribution >= 4 is 23.9 Å². The molecule has 0 spiro atoms. The van der Waals surface area contributed by atoms with Crippen LogP contribution < -0.4 is 0 Å². The lowest BCUT2D eigenvalue weighted by Crippen LogP contribution is -2.64. The van der Waals surface area contributed by atoms with Crippen LogP contribution in [0.25, 0.3) is 0 Å². The summed E-state index contributed by atoms with van der Waals surface area (Å²) in [7, 11) is 0. The minimum absolute atomic E-state index is 0.0603. The Morgan fingerprint density at radius 3 is 2.04 bits per heavy atom. The lowest BCUT2D eigenvalue weighted by atomic mass is 9.38. The Morgan fingerprint density at radius 2 is 1.35 bits per heavy atom. The average molecular weight is 358 g/mol. The van der Waals surface area contributed by atoms with Crippen molar-refractivity contribution in [3.8, 4) is 0 Å². The van der Waals surface area contributed by atoms with Crippen LogP contribution >= 0.6 is 0 Å². The number of cyclic esters (lactones) is 4. The van der Waals surface area contributed by atoms with E-state index in [1.165, 1.54) is 12.0 Å². The first-order chi connectivity index (χ1) is 12.5. The third kappa shape index (κ3) is 1.88. The molecule has 4 fully saturated rings. The molecule has 0 aromatic rings. The fourth-order valence-electron chi connectivity index (χ4n) is 6.44. The van der Waals surface area contributed by atoms with E-state index in [1.54, 1.807) is 0 Å². The van der Waals surface area contributed by atoms with Crippen LogP contribution in [0.15, 0.2) is 11.6 Å². The lowest BCUT2D eigenvalue weighted by Gasteiger charge is -2.61. The quantitative estimate of drug-likeness (QED) is 0.323. The van der Waals surface area contributed by atoms with Gasteiger partial charge in [-0.2, -0.15) is 0 Å². The molecule has 2 saturated heterocycles. The van der Waals surface area contributed by atoms with Gasteiger partial charge < -0.3 is 9.47 Å². The van der Waals surface area contributed by atoms with Crippen molar-refractivity contribution in [1.29, 1.82) is 0 Å². The molecule has 6 heteroatoms. The van der Waals surface area contributed by atoms with Crippen LogP contribution in [0.3, 0.4) is 0 Å². The van der Waals surface area contributed by atoms with E-state index in [1.807, 2.05) is 0 Å². The number of carbonyl (C=O) groups excluding carboxylic acids is 4. The number of allylic oxidation sites excluding steroid dienone is 2. The first-order valence-corrected chi connectivity index (χ1v) is 9.76. The summed E-state index contributed by atoms with van der Waals surface area (Å²) < 4.78 is 9.86. The third-order valence-corrected chi connectivity index (χ3v) is 7.35. The van der Waals surface area contributed by atoms with Gasteiger partial charge >= 0.3 is 23.9 Å². The largest absolute Gasteiger partial charge is 0.393 e. The summed E-state index contributed by atoms with van der Waals surface area (Å²) in [4.78, 5) is 48.9. The SMILES string of the molecule is CCCCCCC1=CC2C3C(=O)OC(=O)C3C1C1C3C(=O)OC(=O)C3C21. The van der Waals surface area contributed by atoms with Crippen molar-refractivity contribution in [1.82, 2.24) is 0 Å². The number of fused-ring (bicyclic) bond motifs is 1. The highest BCUT2D eigenvalue weighted by Crippen LogP contribution is 2.69. The van der Waals surface area contributed by atoms with Crippen molar-refractivity contribution in [2.75, 3.05) is 0 Å². The number of ether oxygens (including phenoxy) is 2. The van der Waals surface area contributed by atoms with Crippen molar-refractivity contribution in [3.63, 3.8) is 0 Å². The third-order valence-electron chi connectivity index (χ3n) is 7.35. The van der Waals surface area contributed by atoms with Gasteiger partial charge in [-0.05, 0) is 36.5 Å². The molecule has 0 N–H and O–H groups in total. The van der Waals surface area contributed by atoms with E-state index in [4.69, 9.17) is 9.47 Å². The summed E-state index contributed by atoms with van der Waals surface area (Å²) in [6, 6.07) is 0. The van der Waals surface area contributed by atoms with E-state index < -0.39 is 47.5 Å². The van der Waals surface area contributed by atoms with Gasteiger partial charge in [0.1, 0.15) is 0 Å². The van der Waals surface area contributed by atoms with Crippen LogP contribution in [0.5, 0.6) is 0 Å². The molecule has 2 heterocycles. The molecule has 2 bridgehead atoms. The number of hydrogen-bond acceptors (Lipinski definition) is 6. The smallest absolute Gasteiger partial charge is 0.318 e. The van der Waals surface area contributed by atoms with Gasteiger partial charge in [0.2, 0.25) is 0 Å². The van der Waals surface area contributed by atoms with Crippen LogP contribution in [-0.2, 0) is 28.7 Å². The van der Waals surface area contributed by atoms with Crippen LogP contribution in [0.2, 0.25) is 0 Å². The molecule has 0 amide bonds. The summed E-state index contributed by atoms with van der Waals surface area (Å²) >= 11 is 0. The van der Waals surface area contributed by atoms with Gasteiger partial charge in [0.05, 0.1) is 23.7 Å². The maximum atomic E-state index is 12.4. The molecule has 8 unspecified atom stereocenters. The van der Waals surface area contributed by atoms with E-state index in [-0.39, 0.29) is 23.7 Å². The highest BCUT2D eigenvalue weighted by Gasteiger charge is 2.75. The molecule has 0 aromatic heterocycles. The van der Waals surface area contributed by atoms with Crippen molar-refractivity contribution < 1.29 is 28.7 Å². The topological polar surface area (TPSA) is 86.7 Å². The van der Waals surface area contributed by atoms with E-state index in [2.05, 4.69) is 13.0 Å². The van der Waals surface area contributed by atoms with Crippen molar-refractivity contribution in [2.24, 2.45) is 47.3 Å². The van der Waals surface area contributed by atoms with Gasteiger partial charge in [0.15, 0.2) is 0 Å². The van der Waals surface area contributed by atoms with E-state index in [0.29, 0.717) is 0 Å². The molecule has 8 atom stereocenters. The van der Waals surface area contributed by atoms with Crippen LogP contribution in [0.4, 0.5) is 0 Å². The zero-order valence-electron chi connectivity index (χ0n) is 14.7. The molecule has 138 valence electrons. The summed E-state index contributed by atoms with van der Waals surface area (Å²) in [6.07, 6.45) is 7.51. The molecule has 2 aliphatic heterocycles. The monoisotopic (exact) mass is 358 g/mol. The second-order valence-corrected chi connectivity index (χ2v) is 8.39. The normalized spacial score (nSPS) is 44.7. The molecule has 26 heavy (non-hydrogen) atoms. The number of carbonyl (C=O) groups is 4. The zero-order valence-corrected chi connectivity index (χ0v) is 14.7. The number of unbranched alkanes of at least 4 members (excludes halogenated alkanes) is 3. The Hall–Kier alpha value is -1.98. The van der Waals surface area contributed by atoms with Gasteiger partial charge in [-0.25, -0.2) is 0 Å². The lowest BCUT2D eigenvalue weighted by molar-refractivity contribution is -0.168. The van der Waals surface area contributed by atoms with E-state index in [0.717, 1.165) is 25.7 Å². The number of rotatable bonds is 5. The van der Waals surface area contributed by atoms with Gasteiger partial charge in [-0.1, -0.05) is 37.8 Å². The van der Waals surface area contributed by atoms with Crippen LogP contribution in [0, 0.1) is 47.3 Å². The number of esters is 4. The molecule has 0 aromatic carbocycles. The van der Waals surface area contributed by atoms with Gasteiger partial charge in [-0.3, -0.25) is 19.2 Å². The number of hydrogen-bond donors (Lipinski definition) is 0. The van der Waals surface area contributed by atoms with Gasteiger partial charge in [0.25, 0.3) is 0 Å². The zero-order chi connectivity index (χ0) is 18.2. The van der Waals surface area contributed by atoms with E-state index >= 15 is 0 Å². The standard InChI is InChI=1S/C20H22O6/c1-2-3-4-5-6-8-7-9-11-13(16-15(11)19(23)26-20(16)24)10(8)14-12(9)17(21)25-18(14)22/h7,9-16H,2-6H2,1H3. The van der Waals surface area contributed by atoms with Gasteiger partial charge in [0, 0.05) is 0 Å². The maximum Gasteiger partial charge on any atom is 0.318 e. The highest BCUT2D eigenvalue weighted by atomic mass is 16.6. The Balaban J connectivity index is 1.50. The second-order valence-electron chi connectivity index (χ2n) is 8.39. The Kier molecular flexibility index (Phi) is 3.43. The molecule has 6 rings (SSSR count). The Bertz CT molecular complexity index is 751. The molecule has 2 saturated carbocycles. The summed E-state index contributed by atoms with van der Waals surface area (Å²) in [5.41, 5.74) is 1.19. The summed E-state index contributed by atoms with van der Waals surface area (Å²) in [5, 5.41) is 0. The fraction of sp³-hybridized carbons (Fsp3) is 0.700. The molecule has 6 aliphatic rings. The van der Waals surface area contributed by atoms with Gasteiger partial charge in [-0.15, -0.1) is 0 Å². The van der Waals surface area contributed by atoms with Crippen LogP contribution in [0.1, 0.15) is 39.0 Å². The highest BCUT2D eigenvalue weighted by molar-refractivity contribution is 6.01. The van der Waals surface area contributed by atoms with Crippen LogP contribution in [-0.4, -0.2) is 23.9 Å². The fourth-order valence-corrected chi connectivity index (χ4v) is 6.44.